The molecule has 13 heteroatoms. The van der Waals surface area contributed by atoms with Gasteiger partial charge < -0.3 is 15.2 Å². The van der Waals surface area contributed by atoms with Crippen LogP contribution < -0.4 is 10.6 Å². The Kier molecular flexibility index (Phi) is 6.95. The van der Waals surface area contributed by atoms with Crippen LogP contribution >= 0.6 is 40.2 Å². The summed E-state index contributed by atoms with van der Waals surface area (Å²) in [6, 6.07) is 7.62. The van der Waals surface area contributed by atoms with Crippen molar-refractivity contribution in [2.24, 2.45) is 13.0 Å². The molecule has 0 bridgehead atoms. The Morgan fingerprint density at radius 2 is 2.06 bits per heavy atom. The topological polar surface area (TPSA) is 89.7 Å². The van der Waals surface area contributed by atoms with Crippen molar-refractivity contribution in [1.29, 1.82) is 0 Å². The number of nitrogens with one attached hydrogen (secondary N) is 2. The van der Waals surface area contributed by atoms with Gasteiger partial charge in [-0.25, -0.2) is 23.7 Å². The maximum atomic E-state index is 13.8. The third kappa shape index (κ3) is 4.88. The number of alkyl halides is 2. The van der Waals surface area contributed by atoms with E-state index in [0.29, 0.717) is 22.7 Å². The molecule has 3 heterocycles. The smallest absolute Gasteiger partial charge is 0.295 e. The van der Waals surface area contributed by atoms with Gasteiger partial charge in [0, 0.05) is 29.5 Å². The molecule has 1 aromatic carbocycles. The van der Waals surface area contributed by atoms with E-state index in [0.717, 1.165) is 34.7 Å². The maximum Gasteiger partial charge on any atom is 0.295 e. The molecule has 1 aliphatic rings. The van der Waals surface area contributed by atoms with Crippen LogP contribution in [0.3, 0.4) is 0 Å². The molecule has 2 N–H and O–H groups in total. The second-order valence-corrected chi connectivity index (χ2v) is 11.0. The number of hydrogen-bond acceptors (Lipinski definition) is 6. The Hall–Kier alpha value is -2.31. The van der Waals surface area contributed by atoms with E-state index in [4.69, 9.17) is 0 Å². The molecule has 1 aliphatic carbocycles. The van der Waals surface area contributed by atoms with Gasteiger partial charge in [0.25, 0.3) is 6.43 Å². The molecule has 182 valence electrons. The van der Waals surface area contributed by atoms with E-state index in [1.54, 1.807) is 30.4 Å². The lowest BCUT2D eigenvalue weighted by Crippen LogP contribution is -2.14. The number of hydrogen-bond donors (Lipinski definition) is 2. The first-order valence-electron chi connectivity index (χ1n) is 10.7. The number of benzene rings is 1. The largest absolute Gasteiger partial charge is 0.353 e. The second-order valence-electron chi connectivity index (χ2n) is 8.11. The Labute approximate surface area is 219 Å². The molecule has 0 radical (unpaired) electrons. The van der Waals surface area contributed by atoms with Crippen molar-refractivity contribution in [1.82, 2.24) is 23.9 Å². The summed E-state index contributed by atoms with van der Waals surface area (Å²) in [6.07, 6.45) is 4.45. The van der Waals surface area contributed by atoms with E-state index in [1.165, 1.54) is 4.34 Å². The SMILES string of the molecule is CSc1cc(-c2cncn2C)ccc1Nc1cc(NC(=O)C2CC2)nc2c1nc(C(F)F)n2PI. The number of thioether (sulfide) groups is 1. The highest BCUT2D eigenvalue weighted by atomic mass is 127. The molecule has 1 fully saturated rings. The summed E-state index contributed by atoms with van der Waals surface area (Å²) in [5, 5.41) is 6.20. The average molecular weight is 627 g/mol. The van der Waals surface area contributed by atoms with Crippen molar-refractivity contribution in [3.8, 4) is 11.3 Å². The first-order valence-corrected chi connectivity index (χ1v) is 16.0. The molecule has 5 rings (SSSR count). The minimum Gasteiger partial charge on any atom is -0.353 e. The lowest BCUT2D eigenvalue weighted by Gasteiger charge is -2.14. The molecule has 1 amide bonds. The number of fused-ring (bicyclic) bond motifs is 1. The zero-order valence-electron chi connectivity index (χ0n) is 18.7. The first-order chi connectivity index (χ1) is 16.9. The number of aromatic nitrogens is 5. The highest BCUT2D eigenvalue weighted by molar-refractivity contribution is 14.2. The molecule has 35 heavy (non-hydrogen) atoms. The van der Waals surface area contributed by atoms with E-state index in [2.05, 4.69) is 25.6 Å². The number of aryl methyl sites for hydroxylation is 1. The zero-order valence-corrected chi connectivity index (χ0v) is 22.7. The number of imidazole rings is 2. The number of carbonyl (C=O) groups excluding carboxylic acids is 1. The van der Waals surface area contributed by atoms with Crippen molar-refractivity contribution >= 4 is 74.4 Å². The monoisotopic (exact) mass is 627 g/mol. The fourth-order valence-corrected chi connectivity index (χ4v) is 6.24. The average Bonchev–Trinajstić information content (AvgIpc) is 3.50. The van der Waals surface area contributed by atoms with Crippen LogP contribution in [-0.2, 0) is 11.8 Å². The van der Waals surface area contributed by atoms with Crippen molar-refractivity contribution in [3.63, 3.8) is 0 Å². The zero-order chi connectivity index (χ0) is 24.7. The van der Waals surface area contributed by atoms with E-state index < -0.39 is 6.43 Å². The molecule has 0 aliphatic heterocycles. The Morgan fingerprint density at radius 3 is 2.69 bits per heavy atom. The number of nitrogens with zero attached hydrogens (tertiary/aromatic N) is 5. The van der Waals surface area contributed by atoms with Crippen molar-refractivity contribution in [2.45, 2.75) is 24.2 Å². The summed E-state index contributed by atoms with van der Waals surface area (Å²) >= 11 is 3.59. The van der Waals surface area contributed by atoms with Gasteiger partial charge in [-0.05, 0) is 53.3 Å². The molecule has 8 nitrogen and oxygen atoms in total. The van der Waals surface area contributed by atoms with E-state index >= 15 is 0 Å². The third-order valence-corrected chi connectivity index (χ3v) is 8.54. The number of carbonyl (C=O) groups is 1. The maximum absolute atomic E-state index is 13.8. The summed E-state index contributed by atoms with van der Waals surface area (Å²) in [4.78, 5) is 26.3. The van der Waals surface area contributed by atoms with Crippen molar-refractivity contribution in [3.05, 3.63) is 42.6 Å². The lowest BCUT2D eigenvalue weighted by atomic mass is 10.1. The number of halogens is 3. The molecule has 3 aromatic heterocycles. The second kappa shape index (κ2) is 9.98. The van der Waals surface area contributed by atoms with Gasteiger partial charge >= 0.3 is 0 Å². The van der Waals surface area contributed by atoms with Crippen LogP contribution in [0, 0.1) is 5.92 Å². The van der Waals surface area contributed by atoms with Crippen LogP contribution in [0.2, 0.25) is 0 Å². The minimum absolute atomic E-state index is 0.0143. The Morgan fingerprint density at radius 1 is 1.26 bits per heavy atom. The van der Waals surface area contributed by atoms with Gasteiger partial charge in [0.2, 0.25) is 5.91 Å². The standard InChI is InChI=1S/C22H21F2IN7OPS/c1-31-10-26-9-15(31)12-5-6-13(16(7-12)35-2)27-14-8-17(29-22(33)11-3-4-11)28-20-18(14)30-21(19(23)24)32(20)34-25/h5-11,19,34H,3-4H2,1-2H3,(H2,27,28,29,33). The molecular weight excluding hydrogens is 606 g/mol. The molecule has 0 saturated heterocycles. The van der Waals surface area contributed by atoms with Crippen molar-refractivity contribution in [2.75, 3.05) is 16.9 Å². The van der Waals surface area contributed by atoms with E-state index in [9.17, 15) is 13.6 Å². The first kappa shape index (κ1) is 24.4. The van der Waals surface area contributed by atoms with Crippen LogP contribution in [0.25, 0.3) is 22.4 Å². The van der Waals surface area contributed by atoms with Crippen molar-refractivity contribution < 1.29 is 13.6 Å². The van der Waals surface area contributed by atoms with Crippen LogP contribution in [0.5, 0.6) is 0 Å². The van der Waals surface area contributed by atoms with E-state index in [1.807, 2.05) is 58.1 Å². The summed E-state index contributed by atoms with van der Waals surface area (Å²) in [7, 11) is 1.93. The molecule has 4 aromatic rings. The summed E-state index contributed by atoms with van der Waals surface area (Å²) in [5.41, 5.74) is 3.91. The predicted octanol–water partition coefficient (Wildman–Crippen LogP) is 6.38. The number of pyridine rings is 1. The fraction of sp³-hybridized carbons (Fsp3) is 0.273. The molecule has 1 saturated carbocycles. The highest BCUT2D eigenvalue weighted by Gasteiger charge is 2.30. The normalized spacial score (nSPS) is 13.9. The van der Waals surface area contributed by atoms with Crippen LogP contribution in [0.15, 0.2) is 41.7 Å². The van der Waals surface area contributed by atoms with Crippen LogP contribution in [0.1, 0.15) is 25.1 Å². The van der Waals surface area contributed by atoms with Gasteiger partial charge in [0.15, 0.2) is 11.5 Å². The minimum atomic E-state index is -2.75. The summed E-state index contributed by atoms with van der Waals surface area (Å²) in [6.45, 7) is 0. The molecule has 0 spiro atoms. The van der Waals surface area contributed by atoms with Gasteiger partial charge in [-0.15, -0.1) is 11.8 Å². The fourth-order valence-electron chi connectivity index (χ4n) is 3.76. The molecule has 1 unspecified atom stereocenters. The van der Waals surface area contributed by atoms with Crippen LogP contribution in [-0.4, -0.2) is 36.0 Å². The summed E-state index contributed by atoms with van der Waals surface area (Å²) in [5.74, 6) is -0.152. The Bertz CT molecular complexity index is 1420. The predicted molar refractivity (Wildman–Crippen MR) is 145 cm³/mol. The summed E-state index contributed by atoms with van der Waals surface area (Å²) < 4.78 is 30.9. The number of amides is 1. The van der Waals surface area contributed by atoms with Gasteiger partial charge in [-0.3, -0.25) is 9.13 Å². The Balaban J connectivity index is 1.59. The van der Waals surface area contributed by atoms with Crippen LogP contribution in [0.4, 0.5) is 26.0 Å². The highest BCUT2D eigenvalue weighted by Crippen LogP contribution is 2.40. The molecular formula is C22H21F2IN7OPS. The lowest BCUT2D eigenvalue weighted by molar-refractivity contribution is -0.117. The van der Waals surface area contributed by atoms with Gasteiger partial charge in [0.1, 0.15) is 11.3 Å². The third-order valence-electron chi connectivity index (χ3n) is 5.70. The number of anilines is 3. The van der Waals surface area contributed by atoms with E-state index in [-0.39, 0.29) is 24.0 Å². The molecule has 1 atom stereocenters. The quantitative estimate of drug-likeness (QED) is 0.134. The van der Waals surface area contributed by atoms with Gasteiger partial charge in [0.05, 0.1) is 36.0 Å². The number of rotatable bonds is 8. The van der Waals surface area contributed by atoms with Gasteiger partial charge in [-0.2, -0.15) is 0 Å². The van der Waals surface area contributed by atoms with Gasteiger partial charge in [-0.1, -0.05) is 6.07 Å².